The molecule has 0 aliphatic rings. The second-order valence-electron chi connectivity index (χ2n) is 6.29. The number of aromatic nitrogens is 2. The van der Waals surface area contributed by atoms with E-state index in [0.717, 1.165) is 11.3 Å². The van der Waals surface area contributed by atoms with Crippen LogP contribution in [0, 0.1) is 0 Å². The Morgan fingerprint density at radius 1 is 1.21 bits per heavy atom. The van der Waals surface area contributed by atoms with E-state index in [2.05, 4.69) is 10.3 Å². The maximum atomic E-state index is 12.7. The highest BCUT2D eigenvalue weighted by molar-refractivity contribution is 8.00. The summed E-state index contributed by atoms with van der Waals surface area (Å²) in [4.78, 5) is 29.8. The van der Waals surface area contributed by atoms with E-state index in [1.54, 1.807) is 17.7 Å². The van der Waals surface area contributed by atoms with Gasteiger partial charge in [-0.15, -0.1) is 0 Å². The van der Waals surface area contributed by atoms with Gasteiger partial charge in [0.05, 0.1) is 23.3 Å². The average Bonchev–Trinajstić information content (AvgIpc) is 2.72. The first-order valence-electron chi connectivity index (χ1n) is 9.10. The van der Waals surface area contributed by atoms with Crippen LogP contribution >= 0.6 is 11.8 Å². The van der Waals surface area contributed by atoms with Gasteiger partial charge >= 0.3 is 0 Å². The summed E-state index contributed by atoms with van der Waals surface area (Å²) in [7, 11) is 1.62. The predicted molar refractivity (Wildman–Crippen MR) is 112 cm³/mol. The summed E-state index contributed by atoms with van der Waals surface area (Å²) < 4.78 is 6.75. The fourth-order valence-corrected chi connectivity index (χ4v) is 3.80. The molecule has 3 aromatic rings. The number of hydrogen-bond acceptors (Lipinski definition) is 5. The molecule has 1 unspecified atom stereocenters. The van der Waals surface area contributed by atoms with Gasteiger partial charge in [0, 0.05) is 13.1 Å². The Morgan fingerprint density at radius 3 is 2.61 bits per heavy atom. The lowest BCUT2D eigenvalue weighted by Crippen LogP contribution is -2.31. The molecule has 0 spiro atoms. The molecule has 0 fully saturated rings. The molecule has 7 heteroatoms. The molecular weight excluding hydrogens is 374 g/mol. The minimum Gasteiger partial charge on any atom is -0.497 e. The molecule has 0 aliphatic carbocycles. The molecule has 1 N–H and O–H groups in total. The van der Waals surface area contributed by atoms with E-state index in [9.17, 15) is 9.59 Å². The largest absolute Gasteiger partial charge is 0.497 e. The summed E-state index contributed by atoms with van der Waals surface area (Å²) in [5.41, 5.74) is 1.55. The van der Waals surface area contributed by atoms with Gasteiger partial charge in [0.25, 0.3) is 5.56 Å². The molecule has 28 heavy (non-hydrogen) atoms. The Labute approximate surface area is 167 Å². The zero-order chi connectivity index (χ0) is 20.1. The monoisotopic (exact) mass is 397 g/mol. The lowest BCUT2D eigenvalue weighted by Gasteiger charge is -2.15. The normalized spacial score (nSPS) is 12.0. The number of hydrogen-bond donors (Lipinski definition) is 1. The van der Waals surface area contributed by atoms with E-state index < -0.39 is 0 Å². The highest BCUT2D eigenvalue weighted by Gasteiger charge is 2.18. The third kappa shape index (κ3) is 4.36. The first kappa shape index (κ1) is 19.9. The number of fused-ring (bicyclic) bond motifs is 1. The Bertz CT molecular complexity index is 1030. The van der Waals surface area contributed by atoms with Crippen LogP contribution in [-0.2, 0) is 17.9 Å². The molecule has 1 aromatic heterocycles. The van der Waals surface area contributed by atoms with E-state index >= 15 is 0 Å². The van der Waals surface area contributed by atoms with Crippen LogP contribution in [0.5, 0.6) is 5.75 Å². The average molecular weight is 398 g/mol. The van der Waals surface area contributed by atoms with Gasteiger partial charge in [-0.1, -0.05) is 36.0 Å². The number of nitrogens with zero attached hydrogens (tertiary/aromatic N) is 2. The van der Waals surface area contributed by atoms with Crippen molar-refractivity contribution in [1.82, 2.24) is 14.9 Å². The number of methoxy groups -OCH3 is 1. The van der Waals surface area contributed by atoms with Gasteiger partial charge < -0.3 is 10.1 Å². The highest BCUT2D eigenvalue weighted by atomic mass is 32.2. The summed E-state index contributed by atoms with van der Waals surface area (Å²) in [6, 6.07) is 14.8. The molecule has 3 rings (SSSR count). The summed E-state index contributed by atoms with van der Waals surface area (Å²) in [5, 5.41) is 3.69. The van der Waals surface area contributed by atoms with Gasteiger partial charge in [-0.25, -0.2) is 4.98 Å². The molecule has 6 nitrogen and oxygen atoms in total. The first-order valence-corrected chi connectivity index (χ1v) is 9.98. The Balaban J connectivity index is 1.71. The SMILES string of the molecule is CCn1c(SC(C)C(=O)NCc2ccc(OC)cc2)nc2ccccc2c1=O. The van der Waals surface area contributed by atoms with Crippen molar-refractivity contribution in [3.63, 3.8) is 0 Å². The van der Waals surface area contributed by atoms with Crippen LogP contribution in [0.1, 0.15) is 19.4 Å². The molecule has 1 atom stereocenters. The quantitative estimate of drug-likeness (QED) is 0.489. The van der Waals surface area contributed by atoms with Crippen LogP contribution in [0.25, 0.3) is 10.9 Å². The van der Waals surface area contributed by atoms with Crippen LogP contribution in [0.4, 0.5) is 0 Å². The number of thioether (sulfide) groups is 1. The molecule has 0 aliphatic heterocycles. The lowest BCUT2D eigenvalue weighted by molar-refractivity contribution is -0.120. The third-order valence-electron chi connectivity index (χ3n) is 4.42. The first-order chi connectivity index (χ1) is 13.5. The van der Waals surface area contributed by atoms with E-state index in [4.69, 9.17) is 4.74 Å². The van der Waals surface area contributed by atoms with Crippen molar-refractivity contribution in [3.05, 3.63) is 64.4 Å². The van der Waals surface area contributed by atoms with Crippen LogP contribution in [0.2, 0.25) is 0 Å². The van der Waals surface area contributed by atoms with Gasteiger partial charge in [-0.3, -0.25) is 14.2 Å². The van der Waals surface area contributed by atoms with Gasteiger partial charge in [0.2, 0.25) is 5.91 Å². The summed E-state index contributed by atoms with van der Waals surface area (Å²) in [5.74, 6) is 0.671. The highest BCUT2D eigenvalue weighted by Crippen LogP contribution is 2.22. The summed E-state index contributed by atoms with van der Waals surface area (Å²) >= 11 is 1.29. The van der Waals surface area contributed by atoms with Crippen LogP contribution in [0.15, 0.2) is 58.5 Å². The van der Waals surface area contributed by atoms with E-state index in [1.807, 2.05) is 56.3 Å². The minimum absolute atomic E-state index is 0.0820. The van der Waals surface area contributed by atoms with Crippen LogP contribution < -0.4 is 15.6 Å². The van der Waals surface area contributed by atoms with Crippen molar-refractivity contribution >= 4 is 28.6 Å². The Kier molecular flexibility index (Phi) is 6.36. The molecule has 1 amide bonds. The van der Waals surface area contributed by atoms with E-state index in [-0.39, 0.29) is 16.7 Å². The van der Waals surface area contributed by atoms with Gasteiger partial charge in [-0.05, 0) is 43.7 Å². The number of ether oxygens (including phenoxy) is 1. The molecule has 1 heterocycles. The van der Waals surface area contributed by atoms with Crippen molar-refractivity contribution in [2.24, 2.45) is 0 Å². The van der Waals surface area contributed by atoms with Gasteiger partial charge in [-0.2, -0.15) is 0 Å². The number of carbonyl (C=O) groups excluding carboxylic acids is 1. The Morgan fingerprint density at radius 2 is 1.93 bits per heavy atom. The van der Waals surface area contributed by atoms with Gasteiger partial charge in [0.15, 0.2) is 5.16 Å². The zero-order valence-corrected chi connectivity index (χ0v) is 17.0. The maximum Gasteiger partial charge on any atom is 0.262 e. The number of carbonyl (C=O) groups is 1. The third-order valence-corrected chi connectivity index (χ3v) is 5.51. The molecule has 2 aromatic carbocycles. The second kappa shape index (κ2) is 8.93. The molecule has 0 bridgehead atoms. The summed E-state index contributed by atoms with van der Waals surface area (Å²) in [6.45, 7) is 4.64. The fraction of sp³-hybridized carbons (Fsp3) is 0.286. The smallest absolute Gasteiger partial charge is 0.262 e. The summed E-state index contributed by atoms with van der Waals surface area (Å²) in [6.07, 6.45) is 0. The number of nitrogens with one attached hydrogen (secondary N) is 1. The Hall–Kier alpha value is -2.80. The van der Waals surface area contributed by atoms with Crippen molar-refractivity contribution in [2.45, 2.75) is 37.3 Å². The van der Waals surface area contributed by atoms with E-state index in [1.165, 1.54) is 11.8 Å². The van der Waals surface area contributed by atoms with Crippen LogP contribution in [-0.4, -0.2) is 27.8 Å². The maximum absolute atomic E-state index is 12.7. The van der Waals surface area contributed by atoms with E-state index in [0.29, 0.717) is 29.1 Å². The molecule has 0 saturated heterocycles. The molecule has 0 radical (unpaired) electrons. The molecule has 146 valence electrons. The topological polar surface area (TPSA) is 73.2 Å². The van der Waals surface area contributed by atoms with Crippen LogP contribution in [0.3, 0.4) is 0 Å². The van der Waals surface area contributed by atoms with Crippen molar-refractivity contribution in [1.29, 1.82) is 0 Å². The zero-order valence-electron chi connectivity index (χ0n) is 16.1. The van der Waals surface area contributed by atoms with Crippen molar-refractivity contribution in [2.75, 3.05) is 7.11 Å². The number of rotatable bonds is 7. The number of para-hydroxylation sites is 1. The lowest BCUT2D eigenvalue weighted by atomic mass is 10.2. The number of benzene rings is 2. The van der Waals surface area contributed by atoms with Crippen molar-refractivity contribution in [3.8, 4) is 5.75 Å². The molecular formula is C21H23N3O3S. The van der Waals surface area contributed by atoms with Gasteiger partial charge in [0.1, 0.15) is 5.75 Å². The molecule has 0 saturated carbocycles. The van der Waals surface area contributed by atoms with Crippen molar-refractivity contribution < 1.29 is 9.53 Å². The fourth-order valence-electron chi connectivity index (χ4n) is 2.80. The minimum atomic E-state index is -0.385. The number of amides is 1. The standard InChI is InChI=1S/C21H23N3O3S/c1-4-24-20(26)17-7-5-6-8-18(17)23-21(24)28-14(2)19(25)22-13-15-9-11-16(27-3)12-10-15/h5-12,14H,4,13H2,1-3H3,(H,22,25). The second-order valence-corrected chi connectivity index (χ2v) is 7.59. The predicted octanol–water partition coefficient (Wildman–Crippen LogP) is 3.22.